The summed E-state index contributed by atoms with van der Waals surface area (Å²) in [6, 6.07) is 0.691. The molecule has 2 heterocycles. The maximum atomic E-state index is 5.59. The molecule has 1 saturated carbocycles. The van der Waals surface area contributed by atoms with Crippen molar-refractivity contribution >= 4 is 0 Å². The van der Waals surface area contributed by atoms with Crippen LogP contribution in [0.25, 0.3) is 0 Å². The summed E-state index contributed by atoms with van der Waals surface area (Å²) in [5.74, 6) is 1.64. The molecule has 1 aliphatic carbocycles. The summed E-state index contributed by atoms with van der Waals surface area (Å²) in [6.45, 7) is 15.3. The highest BCUT2D eigenvalue weighted by molar-refractivity contribution is 5.05. The van der Waals surface area contributed by atoms with E-state index < -0.39 is 0 Å². The first-order chi connectivity index (χ1) is 9.92. The average molecular weight is 294 g/mol. The third-order valence-corrected chi connectivity index (χ3v) is 6.25. The van der Waals surface area contributed by atoms with Gasteiger partial charge in [0.1, 0.15) is 0 Å². The first-order valence-electron chi connectivity index (χ1n) is 8.99. The van der Waals surface area contributed by atoms with Gasteiger partial charge in [-0.25, -0.2) is 0 Å². The molecule has 0 aromatic rings. The zero-order valence-corrected chi connectivity index (χ0v) is 14.5. The van der Waals surface area contributed by atoms with Gasteiger partial charge in [-0.3, -0.25) is 4.90 Å². The van der Waals surface area contributed by atoms with Gasteiger partial charge in [-0.15, -0.1) is 0 Å². The third kappa shape index (κ3) is 3.46. The molecule has 0 spiro atoms. The summed E-state index contributed by atoms with van der Waals surface area (Å²) in [6.07, 6.45) is 5.30. The van der Waals surface area contributed by atoms with E-state index in [1.165, 1.54) is 38.8 Å². The van der Waals surface area contributed by atoms with Crippen LogP contribution >= 0.6 is 0 Å². The van der Waals surface area contributed by atoms with Crippen molar-refractivity contribution in [3.63, 3.8) is 0 Å². The normalized spacial score (nSPS) is 37.9. The van der Waals surface area contributed by atoms with Crippen molar-refractivity contribution in [2.45, 2.75) is 65.0 Å². The Bertz CT molecular complexity index is 360. The average Bonchev–Trinajstić information content (AvgIpc) is 3.23. The number of hydrogen-bond donors (Lipinski definition) is 1. The maximum Gasteiger partial charge on any atom is 0.0471 e. The fourth-order valence-corrected chi connectivity index (χ4v) is 4.40. The fourth-order valence-electron chi connectivity index (χ4n) is 4.40. The number of piperazine rings is 1. The van der Waals surface area contributed by atoms with Gasteiger partial charge in [-0.1, -0.05) is 20.8 Å². The number of nitrogens with one attached hydrogen (secondary N) is 1. The zero-order chi connectivity index (χ0) is 15.1. The van der Waals surface area contributed by atoms with Crippen LogP contribution in [0.1, 0.15) is 53.4 Å². The Hall–Kier alpha value is -0.120. The Balaban J connectivity index is 1.70. The van der Waals surface area contributed by atoms with E-state index in [2.05, 4.69) is 37.9 Å². The standard InChI is InChI=1S/C18H34N2O/c1-14(2)16-11-19-18(4,15-5-6-15)13-20(16)12-17(3)7-9-21-10-8-17/h14-16,19H,5-13H2,1-4H3. The van der Waals surface area contributed by atoms with Crippen LogP contribution in [0.15, 0.2) is 0 Å². The molecule has 3 rings (SSSR count). The van der Waals surface area contributed by atoms with Crippen LogP contribution < -0.4 is 5.32 Å². The molecule has 2 aliphatic heterocycles. The quantitative estimate of drug-likeness (QED) is 0.863. The van der Waals surface area contributed by atoms with Crippen molar-refractivity contribution in [1.82, 2.24) is 10.2 Å². The summed E-state index contributed by atoms with van der Waals surface area (Å²) in [5.41, 5.74) is 0.806. The van der Waals surface area contributed by atoms with E-state index in [1.54, 1.807) is 0 Å². The molecule has 122 valence electrons. The van der Waals surface area contributed by atoms with Crippen molar-refractivity contribution in [2.75, 3.05) is 32.8 Å². The van der Waals surface area contributed by atoms with Crippen molar-refractivity contribution < 1.29 is 4.74 Å². The molecule has 3 aliphatic rings. The van der Waals surface area contributed by atoms with E-state index in [4.69, 9.17) is 4.74 Å². The van der Waals surface area contributed by atoms with Crippen molar-refractivity contribution in [2.24, 2.45) is 17.3 Å². The van der Waals surface area contributed by atoms with Gasteiger partial charge in [0, 0.05) is 44.4 Å². The van der Waals surface area contributed by atoms with Crippen LogP contribution in [0.3, 0.4) is 0 Å². The lowest BCUT2D eigenvalue weighted by Gasteiger charge is -2.51. The van der Waals surface area contributed by atoms with E-state index in [-0.39, 0.29) is 0 Å². The predicted molar refractivity (Wildman–Crippen MR) is 87.5 cm³/mol. The summed E-state index contributed by atoms with van der Waals surface area (Å²) in [7, 11) is 0. The summed E-state index contributed by atoms with van der Waals surface area (Å²) in [4.78, 5) is 2.82. The maximum absolute atomic E-state index is 5.59. The second kappa shape index (κ2) is 5.82. The molecule has 0 amide bonds. The van der Waals surface area contributed by atoms with Crippen LogP contribution in [0.2, 0.25) is 0 Å². The lowest BCUT2D eigenvalue weighted by Crippen LogP contribution is -2.66. The summed E-state index contributed by atoms with van der Waals surface area (Å²) < 4.78 is 5.59. The Morgan fingerprint density at radius 2 is 1.86 bits per heavy atom. The zero-order valence-electron chi connectivity index (χ0n) is 14.5. The lowest BCUT2D eigenvalue weighted by atomic mass is 9.79. The van der Waals surface area contributed by atoms with Crippen LogP contribution in [-0.4, -0.2) is 49.3 Å². The van der Waals surface area contributed by atoms with E-state index in [9.17, 15) is 0 Å². The SMILES string of the molecule is CC(C)C1CNC(C)(C2CC2)CN1CC1(C)CCOCC1. The molecule has 3 fully saturated rings. The largest absolute Gasteiger partial charge is 0.381 e. The smallest absolute Gasteiger partial charge is 0.0471 e. The van der Waals surface area contributed by atoms with Gasteiger partial charge < -0.3 is 10.1 Å². The topological polar surface area (TPSA) is 24.5 Å². The molecule has 0 aromatic carbocycles. The van der Waals surface area contributed by atoms with E-state index in [0.717, 1.165) is 31.6 Å². The molecule has 0 bridgehead atoms. The molecular weight excluding hydrogens is 260 g/mol. The van der Waals surface area contributed by atoms with E-state index in [0.29, 0.717) is 17.0 Å². The van der Waals surface area contributed by atoms with E-state index in [1.807, 2.05) is 0 Å². The molecule has 2 unspecified atom stereocenters. The Kier molecular flexibility index (Phi) is 4.37. The van der Waals surface area contributed by atoms with Crippen LogP contribution in [0, 0.1) is 17.3 Å². The molecule has 3 nitrogen and oxygen atoms in total. The molecule has 1 N–H and O–H groups in total. The van der Waals surface area contributed by atoms with Crippen LogP contribution in [-0.2, 0) is 4.74 Å². The number of nitrogens with zero attached hydrogens (tertiary/aromatic N) is 1. The Labute approximate surface area is 130 Å². The second-order valence-electron chi connectivity index (χ2n) is 8.71. The fraction of sp³-hybridized carbons (Fsp3) is 1.00. The molecule has 2 saturated heterocycles. The summed E-state index contributed by atoms with van der Waals surface area (Å²) in [5, 5.41) is 3.90. The first kappa shape index (κ1) is 15.8. The van der Waals surface area contributed by atoms with Gasteiger partial charge in [0.2, 0.25) is 0 Å². The first-order valence-corrected chi connectivity index (χ1v) is 8.99. The highest BCUT2D eigenvalue weighted by Crippen LogP contribution is 2.43. The van der Waals surface area contributed by atoms with Crippen LogP contribution in [0.4, 0.5) is 0 Å². The molecular formula is C18H34N2O. The summed E-state index contributed by atoms with van der Waals surface area (Å²) >= 11 is 0. The minimum absolute atomic E-state index is 0.354. The molecule has 0 aromatic heterocycles. The minimum atomic E-state index is 0.354. The van der Waals surface area contributed by atoms with Gasteiger partial charge in [-0.05, 0) is 49.9 Å². The van der Waals surface area contributed by atoms with Gasteiger partial charge >= 0.3 is 0 Å². The minimum Gasteiger partial charge on any atom is -0.381 e. The third-order valence-electron chi connectivity index (χ3n) is 6.25. The van der Waals surface area contributed by atoms with Gasteiger partial charge in [0.25, 0.3) is 0 Å². The highest BCUT2D eigenvalue weighted by atomic mass is 16.5. The van der Waals surface area contributed by atoms with Crippen LogP contribution in [0.5, 0.6) is 0 Å². The van der Waals surface area contributed by atoms with Gasteiger partial charge in [0.15, 0.2) is 0 Å². The number of ether oxygens (including phenoxy) is 1. The lowest BCUT2D eigenvalue weighted by molar-refractivity contribution is -0.0280. The van der Waals surface area contributed by atoms with E-state index >= 15 is 0 Å². The Morgan fingerprint density at radius 1 is 1.19 bits per heavy atom. The highest BCUT2D eigenvalue weighted by Gasteiger charge is 2.47. The van der Waals surface area contributed by atoms with Crippen molar-refractivity contribution in [3.8, 4) is 0 Å². The van der Waals surface area contributed by atoms with Gasteiger partial charge in [-0.2, -0.15) is 0 Å². The van der Waals surface area contributed by atoms with Gasteiger partial charge in [0.05, 0.1) is 0 Å². The predicted octanol–water partition coefficient (Wildman–Crippen LogP) is 2.90. The van der Waals surface area contributed by atoms with Crippen molar-refractivity contribution in [3.05, 3.63) is 0 Å². The molecule has 0 radical (unpaired) electrons. The molecule has 21 heavy (non-hydrogen) atoms. The Morgan fingerprint density at radius 3 is 2.43 bits per heavy atom. The van der Waals surface area contributed by atoms with Crippen molar-refractivity contribution in [1.29, 1.82) is 0 Å². The molecule has 2 atom stereocenters. The number of hydrogen-bond acceptors (Lipinski definition) is 3. The number of rotatable bonds is 4. The molecule has 3 heteroatoms. The monoisotopic (exact) mass is 294 g/mol. The second-order valence-corrected chi connectivity index (χ2v) is 8.71.